The van der Waals surface area contributed by atoms with Gasteiger partial charge in [0.15, 0.2) is 5.78 Å². The summed E-state index contributed by atoms with van der Waals surface area (Å²) >= 11 is 0. The van der Waals surface area contributed by atoms with Crippen LogP contribution in [0, 0.1) is 6.92 Å². The first kappa shape index (κ1) is 21.9. The molecule has 0 radical (unpaired) electrons. The molecule has 4 nitrogen and oxygen atoms in total. The monoisotopic (exact) mass is 448 g/mol. The molecule has 3 aromatic rings. The van der Waals surface area contributed by atoms with E-state index in [1.165, 1.54) is 0 Å². The molecule has 1 heterocycles. The second kappa shape index (κ2) is 9.14. The number of ketones is 1. The van der Waals surface area contributed by atoms with E-state index in [9.17, 15) is 9.59 Å². The highest BCUT2D eigenvalue weighted by Gasteiger charge is 2.38. The fraction of sp³-hybridized carbons (Fsp3) is 0.200. The average Bonchev–Trinajstić information content (AvgIpc) is 2.85. The number of anilines is 1. The molecule has 0 saturated carbocycles. The standard InChI is InChI=1S/C30H28N2O2/c1-19-11-17-24(18-12-19)32-30(34)27-20(2)31-25-9-6-10-26(33)29(25)28(27)23-15-13-22(14-16-23)21-7-4-3-5-8-21/h3-5,7-8,11-18,28,31H,6,9-10H2,1-2H3,(H,32,34)/t28-/m1/s1. The number of carbonyl (C=O) groups is 2. The predicted molar refractivity (Wildman–Crippen MR) is 136 cm³/mol. The van der Waals surface area contributed by atoms with Crippen molar-refractivity contribution in [3.63, 3.8) is 0 Å². The van der Waals surface area contributed by atoms with Crippen molar-refractivity contribution in [1.29, 1.82) is 0 Å². The smallest absolute Gasteiger partial charge is 0.254 e. The predicted octanol–water partition coefficient (Wildman–Crippen LogP) is 6.27. The van der Waals surface area contributed by atoms with Crippen LogP contribution in [0.15, 0.2) is 101 Å². The molecular formula is C30H28N2O2. The van der Waals surface area contributed by atoms with Gasteiger partial charge in [-0.15, -0.1) is 0 Å². The highest BCUT2D eigenvalue weighted by atomic mass is 16.2. The highest BCUT2D eigenvalue weighted by molar-refractivity contribution is 6.09. The lowest BCUT2D eigenvalue weighted by atomic mass is 9.75. The quantitative estimate of drug-likeness (QED) is 0.495. The third-order valence-electron chi connectivity index (χ3n) is 6.68. The van der Waals surface area contributed by atoms with Gasteiger partial charge in [0.2, 0.25) is 0 Å². The van der Waals surface area contributed by atoms with Crippen LogP contribution in [0.4, 0.5) is 5.69 Å². The van der Waals surface area contributed by atoms with Crippen molar-refractivity contribution in [3.05, 3.63) is 113 Å². The van der Waals surface area contributed by atoms with Crippen molar-refractivity contribution < 1.29 is 9.59 Å². The van der Waals surface area contributed by atoms with E-state index < -0.39 is 0 Å². The molecule has 4 heteroatoms. The molecule has 0 saturated heterocycles. The highest BCUT2D eigenvalue weighted by Crippen LogP contribution is 2.42. The molecule has 0 fully saturated rings. The second-order valence-corrected chi connectivity index (χ2v) is 9.07. The molecule has 1 aliphatic heterocycles. The summed E-state index contributed by atoms with van der Waals surface area (Å²) in [5.41, 5.74) is 8.16. The topological polar surface area (TPSA) is 58.2 Å². The second-order valence-electron chi connectivity index (χ2n) is 9.07. The minimum absolute atomic E-state index is 0.124. The Balaban J connectivity index is 1.55. The summed E-state index contributed by atoms with van der Waals surface area (Å²) < 4.78 is 0. The summed E-state index contributed by atoms with van der Waals surface area (Å²) in [5, 5.41) is 6.44. The van der Waals surface area contributed by atoms with Crippen LogP contribution < -0.4 is 10.6 Å². The average molecular weight is 449 g/mol. The van der Waals surface area contributed by atoms with E-state index in [2.05, 4.69) is 47.0 Å². The Labute approximate surface area is 200 Å². The first-order chi connectivity index (χ1) is 16.5. The number of benzene rings is 3. The zero-order chi connectivity index (χ0) is 23.7. The maximum Gasteiger partial charge on any atom is 0.254 e. The van der Waals surface area contributed by atoms with Crippen LogP contribution in [-0.2, 0) is 9.59 Å². The van der Waals surface area contributed by atoms with Gasteiger partial charge < -0.3 is 10.6 Å². The number of allylic oxidation sites excluding steroid dienone is 3. The van der Waals surface area contributed by atoms with Gasteiger partial charge >= 0.3 is 0 Å². The summed E-state index contributed by atoms with van der Waals surface area (Å²) in [4.78, 5) is 26.7. The summed E-state index contributed by atoms with van der Waals surface area (Å²) in [6.07, 6.45) is 2.18. The van der Waals surface area contributed by atoms with Crippen LogP contribution >= 0.6 is 0 Å². The van der Waals surface area contributed by atoms with Crippen LogP contribution in [0.3, 0.4) is 0 Å². The number of aryl methyl sites for hydroxylation is 1. The molecule has 5 rings (SSSR count). The molecule has 2 aliphatic rings. The number of amides is 1. The summed E-state index contributed by atoms with van der Waals surface area (Å²) in [7, 11) is 0. The Hall–Kier alpha value is -3.92. The maximum absolute atomic E-state index is 13.6. The third-order valence-corrected chi connectivity index (χ3v) is 6.68. The fourth-order valence-electron chi connectivity index (χ4n) is 4.95. The molecule has 1 atom stereocenters. The van der Waals surface area contributed by atoms with E-state index in [0.717, 1.165) is 57.8 Å². The number of carbonyl (C=O) groups excluding carboxylic acids is 2. The van der Waals surface area contributed by atoms with E-state index in [0.29, 0.717) is 12.0 Å². The number of Topliss-reactive ketones (excluding diaryl/α,β-unsaturated/α-hetero) is 1. The van der Waals surface area contributed by atoms with E-state index in [4.69, 9.17) is 0 Å². The Kier molecular flexibility index (Phi) is 5.89. The first-order valence-electron chi connectivity index (χ1n) is 11.8. The molecule has 0 spiro atoms. The normalized spacial score (nSPS) is 17.8. The Bertz CT molecular complexity index is 1300. The van der Waals surface area contributed by atoms with E-state index in [1.54, 1.807) is 0 Å². The van der Waals surface area contributed by atoms with E-state index >= 15 is 0 Å². The molecule has 1 aliphatic carbocycles. The van der Waals surface area contributed by atoms with Crippen LogP contribution in [0.25, 0.3) is 11.1 Å². The number of hydrogen-bond donors (Lipinski definition) is 2. The minimum Gasteiger partial charge on any atom is -0.362 e. The van der Waals surface area contributed by atoms with Gasteiger partial charge in [-0.2, -0.15) is 0 Å². The van der Waals surface area contributed by atoms with Crippen molar-refractivity contribution in [3.8, 4) is 11.1 Å². The third kappa shape index (κ3) is 4.19. The number of dihydropyridines is 1. The maximum atomic E-state index is 13.6. The Morgan fingerprint density at radius 1 is 0.853 bits per heavy atom. The van der Waals surface area contributed by atoms with E-state index in [-0.39, 0.29) is 17.6 Å². The molecule has 1 amide bonds. The lowest BCUT2D eigenvalue weighted by molar-refractivity contribution is -0.116. The first-order valence-corrected chi connectivity index (χ1v) is 11.8. The molecular weight excluding hydrogens is 420 g/mol. The zero-order valence-electron chi connectivity index (χ0n) is 19.5. The fourth-order valence-corrected chi connectivity index (χ4v) is 4.95. The lowest BCUT2D eigenvalue weighted by Crippen LogP contribution is -2.35. The molecule has 170 valence electrons. The molecule has 0 aromatic heterocycles. The number of rotatable bonds is 4. The van der Waals surface area contributed by atoms with Crippen LogP contribution in [0.1, 0.15) is 43.2 Å². The minimum atomic E-state index is -0.390. The van der Waals surface area contributed by atoms with Gasteiger partial charge in [-0.1, -0.05) is 72.3 Å². The van der Waals surface area contributed by atoms with Crippen LogP contribution in [0.2, 0.25) is 0 Å². The van der Waals surface area contributed by atoms with Crippen molar-refractivity contribution in [2.45, 2.75) is 39.0 Å². The zero-order valence-corrected chi connectivity index (χ0v) is 19.5. The molecule has 3 aromatic carbocycles. The van der Waals surface area contributed by atoms with Crippen LogP contribution in [-0.4, -0.2) is 11.7 Å². The molecule has 2 N–H and O–H groups in total. The van der Waals surface area contributed by atoms with Crippen molar-refractivity contribution in [2.24, 2.45) is 0 Å². The SMILES string of the molecule is CC1=C(C(=O)Nc2ccc(C)cc2)[C@@H](c2ccc(-c3ccccc3)cc2)C2=C(CCCC2=O)N1. The van der Waals surface area contributed by atoms with Crippen LogP contribution in [0.5, 0.6) is 0 Å². The molecule has 0 unspecified atom stereocenters. The van der Waals surface area contributed by atoms with Gasteiger partial charge in [-0.25, -0.2) is 0 Å². The van der Waals surface area contributed by atoms with Gasteiger partial charge in [-0.05, 0) is 55.5 Å². The van der Waals surface area contributed by atoms with E-state index in [1.807, 2.05) is 56.3 Å². The van der Waals surface area contributed by atoms with Gasteiger partial charge in [0, 0.05) is 40.6 Å². The van der Waals surface area contributed by atoms with Gasteiger partial charge in [-0.3, -0.25) is 9.59 Å². The molecule has 34 heavy (non-hydrogen) atoms. The Morgan fingerprint density at radius 2 is 1.53 bits per heavy atom. The van der Waals surface area contributed by atoms with Crippen molar-refractivity contribution >= 4 is 17.4 Å². The molecule has 0 bridgehead atoms. The summed E-state index contributed by atoms with van der Waals surface area (Å²) in [6.45, 7) is 3.94. The summed E-state index contributed by atoms with van der Waals surface area (Å²) in [6, 6.07) is 26.2. The number of nitrogens with one attached hydrogen (secondary N) is 2. The van der Waals surface area contributed by atoms with Gasteiger partial charge in [0.05, 0.1) is 0 Å². The van der Waals surface area contributed by atoms with Crippen molar-refractivity contribution in [1.82, 2.24) is 5.32 Å². The number of hydrogen-bond acceptors (Lipinski definition) is 3. The Morgan fingerprint density at radius 3 is 2.24 bits per heavy atom. The van der Waals surface area contributed by atoms with Crippen molar-refractivity contribution in [2.75, 3.05) is 5.32 Å². The largest absolute Gasteiger partial charge is 0.362 e. The lowest BCUT2D eigenvalue weighted by Gasteiger charge is -2.34. The van der Waals surface area contributed by atoms with Gasteiger partial charge in [0.1, 0.15) is 0 Å². The summed E-state index contributed by atoms with van der Waals surface area (Å²) in [5.74, 6) is -0.450. The van der Waals surface area contributed by atoms with Gasteiger partial charge in [0.25, 0.3) is 5.91 Å².